The highest BCUT2D eigenvalue weighted by atomic mass is 32.2. The van der Waals surface area contributed by atoms with E-state index in [-0.39, 0.29) is 23.9 Å². The van der Waals surface area contributed by atoms with Gasteiger partial charge in [0.25, 0.3) is 11.6 Å². The van der Waals surface area contributed by atoms with Gasteiger partial charge in [0.15, 0.2) is 5.17 Å². The fourth-order valence-corrected chi connectivity index (χ4v) is 6.03. The van der Waals surface area contributed by atoms with Crippen LogP contribution in [0.15, 0.2) is 88.8 Å². The average Bonchev–Trinajstić information content (AvgIpc) is 3.32. The monoisotopic (exact) mass is 554 g/mol. The van der Waals surface area contributed by atoms with E-state index >= 15 is 0 Å². The van der Waals surface area contributed by atoms with Gasteiger partial charge >= 0.3 is 0 Å². The van der Waals surface area contributed by atoms with Crippen LogP contribution in [0.1, 0.15) is 17.5 Å². The zero-order valence-electron chi connectivity index (χ0n) is 21.6. The lowest BCUT2D eigenvalue weighted by Crippen LogP contribution is -2.49. The Bertz CT molecular complexity index is 1530. The molecule has 0 aromatic heterocycles. The number of amides is 2. The van der Waals surface area contributed by atoms with E-state index in [9.17, 15) is 19.7 Å². The van der Waals surface area contributed by atoms with Crippen molar-refractivity contribution in [3.8, 4) is 0 Å². The minimum atomic E-state index is -0.829. The van der Waals surface area contributed by atoms with Crippen LogP contribution >= 0.6 is 11.8 Å². The molecule has 0 unspecified atom stereocenters. The number of nitro groups is 1. The number of hydrogen-bond donors (Lipinski definition) is 0. The van der Waals surface area contributed by atoms with Crippen LogP contribution in [-0.2, 0) is 15.3 Å². The van der Waals surface area contributed by atoms with E-state index < -0.39 is 11.0 Å². The Hall–Kier alpha value is -4.51. The van der Waals surface area contributed by atoms with Gasteiger partial charge in [0.05, 0.1) is 17.0 Å². The minimum absolute atomic E-state index is 0.00480. The summed E-state index contributed by atoms with van der Waals surface area (Å²) in [5, 5.41) is 11.6. The third kappa shape index (κ3) is 5.07. The molecular weight excluding hydrogens is 528 g/mol. The number of anilines is 1. The van der Waals surface area contributed by atoms with Crippen molar-refractivity contribution in [3.05, 3.63) is 100 Å². The number of nitro benzene ring substituents is 1. The number of carbonyl (C=O) groups is 2. The molecule has 202 valence electrons. The SMILES string of the molecule is O=C(C[C@H]1N=C2c3ccccc3N=C(SCc3cccc([N+](=O)[O-])c3)N2C1=O)N1CCN(c2ccccc2)CC1. The number of benzene rings is 3. The Balaban J connectivity index is 1.16. The molecule has 3 aromatic rings. The number of thioether (sulfide) groups is 1. The number of fused-ring (bicyclic) bond motifs is 3. The molecule has 40 heavy (non-hydrogen) atoms. The number of hydrogen-bond acceptors (Lipinski definition) is 8. The van der Waals surface area contributed by atoms with Crippen LogP contribution in [-0.4, -0.2) is 69.8 Å². The third-order valence-corrected chi connectivity index (χ3v) is 8.17. The summed E-state index contributed by atoms with van der Waals surface area (Å²) in [5.41, 5.74) is 3.32. The first-order valence-corrected chi connectivity index (χ1v) is 14.0. The van der Waals surface area contributed by atoms with E-state index in [1.165, 1.54) is 28.8 Å². The molecule has 2 amide bonds. The molecule has 3 aliphatic heterocycles. The van der Waals surface area contributed by atoms with E-state index in [2.05, 4.69) is 17.0 Å². The highest BCUT2D eigenvalue weighted by Gasteiger charge is 2.42. The summed E-state index contributed by atoms with van der Waals surface area (Å²) < 4.78 is 0. The minimum Gasteiger partial charge on any atom is -0.368 e. The Morgan fingerprint density at radius 2 is 1.73 bits per heavy atom. The van der Waals surface area contributed by atoms with Gasteiger partial charge in [0.1, 0.15) is 11.9 Å². The summed E-state index contributed by atoms with van der Waals surface area (Å²) in [6.07, 6.45) is -0.00480. The molecular formula is C29H26N6O4S. The van der Waals surface area contributed by atoms with Crippen molar-refractivity contribution in [1.82, 2.24) is 9.80 Å². The highest BCUT2D eigenvalue weighted by molar-refractivity contribution is 8.13. The quantitative estimate of drug-likeness (QED) is 0.333. The van der Waals surface area contributed by atoms with Crippen molar-refractivity contribution in [2.45, 2.75) is 18.2 Å². The first-order chi connectivity index (χ1) is 19.5. The molecule has 11 heteroatoms. The second kappa shape index (κ2) is 10.9. The summed E-state index contributed by atoms with van der Waals surface area (Å²) in [5.74, 6) is 0.496. The zero-order chi connectivity index (χ0) is 27.6. The van der Waals surface area contributed by atoms with Crippen molar-refractivity contribution < 1.29 is 14.5 Å². The molecule has 6 rings (SSSR count). The molecule has 0 saturated carbocycles. The van der Waals surface area contributed by atoms with Gasteiger partial charge in [-0.05, 0) is 29.8 Å². The largest absolute Gasteiger partial charge is 0.368 e. The zero-order valence-corrected chi connectivity index (χ0v) is 22.4. The van der Waals surface area contributed by atoms with Crippen LogP contribution in [0.5, 0.6) is 0 Å². The number of para-hydroxylation sites is 2. The van der Waals surface area contributed by atoms with Crippen molar-refractivity contribution in [3.63, 3.8) is 0 Å². The van der Waals surface area contributed by atoms with Crippen molar-refractivity contribution in [1.29, 1.82) is 0 Å². The fourth-order valence-electron chi connectivity index (χ4n) is 5.09. The van der Waals surface area contributed by atoms with Gasteiger partial charge in [-0.2, -0.15) is 0 Å². The molecule has 0 N–H and O–H groups in total. The van der Waals surface area contributed by atoms with Gasteiger partial charge in [-0.1, -0.05) is 54.2 Å². The maximum absolute atomic E-state index is 13.6. The highest BCUT2D eigenvalue weighted by Crippen LogP contribution is 2.35. The van der Waals surface area contributed by atoms with Gasteiger partial charge in [-0.25, -0.2) is 9.89 Å². The van der Waals surface area contributed by atoms with Crippen LogP contribution in [0.3, 0.4) is 0 Å². The van der Waals surface area contributed by atoms with E-state index in [0.29, 0.717) is 35.5 Å². The molecule has 1 saturated heterocycles. The van der Waals surface area contributed by atoms with E-state index in [1.807, 2.05) is 47.4 Å². The maximum atomic E-state index is 13.6. The third-order valence-electron chi connectivity index (χ3n) is 7.16. The van der Waals surface area contributed by atoms with Crippen LogP contribution in [0.4, 0.5) is 17.1 Å². The van der Waals surface area contributed by atoms with Gasteiger partial charge in [0.2, 0.25) is 5.91 Å². The van der Waals surface area contributed by atoms with Crippen LogP contribution in [0.25, 0.3) is 0 Å². The number of aliphatic imine (C=N–C) groups is 2. The fraction of sp³-hybridized carbons (Fsp3) is 0.241. The van der Waals surface area contributed by atoms with E-state index in [1.54, 1.807) is 12.1 Å². The molecule has 0 spiro atoms. The molecule has 0 radical (unpaired) electrons. The molecule has 3 aromatic carbocycles. The average molecular weight is 555 g/mol. The number of non-ortho nitro benzene ring substituents is 1. The van der Waals surface area contributed by atoms with Gasteiger partial charge in [0, 0.05) is 55.3 Å². The number of nitrogens with zero attached hydrogens (tertiary/aromatic N) is 6. The molecule has 10 nitrogen and oxygen atoms in total. The smallest absolute Gasteiger partial charge is 0.269 e. The first kappa shape index (κ1) is 25.8. The lowest BCUT2D eigenvalue weighted by atomic mass is 10.1. The molecule has 0 aliphatic carbocycles. The molecule has 3 aliphatic rings. The Morgan fingerprint density at radius 3 is 2.50 bits per heavy atom. The second-order valence-electron chi connectivity index (χ2n) is 9.68. The first-order valence-electron chi connectivity index (χ1n) is 13.0. The lowest BCUT2D eigenvalue weighted by molar-refractivity contribution is -0.384. The standard InChI is InChI=1S/C29H26N6O4S/c36-26(33-15-13-32(14-16-33)21-8-2-1-3-9-21)18-25-28(37)34-27(30-25)23-11-4-5-12-24(23)31-29(34)40-19-20-7-6-10-22(17-20)35(38)39/h1-12,17,25H,13-16,18-19H2/t25-/m1/s1. The summed E-state index contributed by atoms with van der Waals surface area (Å²) in [6.45, 7) is 2.63. The Morgan fingerprint density at radius 1 is 0.975 bits per heavy atom. The molecule has 0 bridgehead atoms. The van der Waals surface area contributed by atoms with Gasteiger partial charge < -0.3 is 9.80 Å². The maximum Gasteiger partial charge on any atom is 0.269 e. The topological polar surface area (TPSA) is 112 Å². The van der Waals surface area contributed by atoms with Crippen molar-refractivity contribution in [2.24, 2.45) is 9.98 Å². The molecule has 3 heterocycles. The van der Waals surface area contributed by atoms with Crippen LogP contribution < -0.4 is 4.90 Å². The van der Waals surface area contributed by atoms with E-state index in [0.717, 1.165) is 29.9 Å². The number of rotatable bonds is 6. The summed E-state index contributed by atoms with van der Waals surface area (Å²) in [4.78, 5) is 52.6. The predicted molar refractivity (Wildman–Crippen MR) is 155 cm³/mol. The van der Waals surface area contributed by atoms with Crippen molar-refractivity contribution >= 4 is 51.6 Å². The Kier molecular flexibility index (Phi) is 7.04. The second-order valence-corrected chi connectivity index (χ2v) is 10.6. The van der Waals surface area contributed by atoms with E-state index in [4.69, 9.17) is 9.98 Å². The van der Waals surface area contributed by atoms with Crippen LogP contribution in [0.2, 0.25) is 0 Å². The Labute approximate surface area is 235 Å². The number of carbonyl (C=O) groups excluding carboxylic acids is 2. The summed E-state index contributed by atoms with van der Waals surface area (Å²) >= 11 is 1.31. The van der Waals surface area contributed by atoms with Gasteiger partial charge in [-0.15, -0.1) is 0 Å². The number of amidine groups is 2. The van der Waals surface area contributed by atoms with Crippen LogP contribution in [0, 0.1) is 10.1 Å². The molecule has 1 atom stereocenters. The molecule has 1 fully saturated rings. The summed E-state index contributed by atoms with van der Waals surface area (Å²) in [6, 6.07) is 23.2. The predicted octanol–water partition coefficient (Wildman–Crippen LogP) is 4.23. The lowest BCUT2D eigenvalue weighted by Gasteiger charge is -2.36. The number of piperazine rings is 1. The van der Waals surface area contributed by atoms with Gasteiger partial charge in [-0.3, -0.25) is 24.7 Å². The normalized spacial score (nSPS) is 18.1. The van der Waals surface area contributed by atoms with Crippen molar-refractivity contribution in [2.75, 3.05) is 31.1 Å². The summed E-state index contributed by atoms with van der Waals surface area (Å²) in [7, 11) is 0.